The molecule has 9 nitrogen and oxygen atoms in total. The van der Waals surface area contributed by atoms with E-state index in [-0.39, 0.29) is 23.5 Å². The topological polar surface area (TPSA) is 114 Å². The number of methoxy groups -OCH3 is 1. The zero-order valence-electron chi connectivity index (χ0n) is 15.1. The Morgan fingerprint density at radius 3 is 2.67 bits per heavy atom. The Labute approximate surface area is 157 Å². The lowest BCUT2D eigenvalue weighted by Crippen LogP contribution is -2.37. The van der Waals surface area contributed by atoms with Crippen molar-refractivity contribution < 1.29 is 17.9 Å². The van der Waals surface area contributed by atoms with Crippen LogP contribution >= 0.6 is 0 Å². The summed E-state index contributed by atoms with van der Waals surface area (Å²) in [4.78, 5) is 17.9. The maximum atomic E-state index is 11.8. The molecule has 2 heterocycles. The summed E-state index contributed by atoms with van der Waals surface area (Å²) in [6.07, 6.45) is 2.11. The summed E-state index contributed by atoms with van der Waals surface area (Å²) in [6, 6.07) is 6.58. The molecule has 0 aliphatic carbocycles. The number of carbonyl (C=O) groups excluding carboxylic acids is 1. The minimum absolute atomic E-state index is 0.108. The van der Waals surface area contributed by atoms with E-state index in [1.807, 2.05) is 11.8 Å². The minimum Gasteiger partial charge on any atom is -0.465 e. The van der Waals surface area contributed by atoms with Crippen molar-refractivity contribution in [2.75, 3.05) is 35.4 Å². The number of sulfone groups is 1. The van der Waals surface area contributed by atoms with E-state index in [2.05, 4.69) is 25.2 Å². The first kappa shape index (κ1) is 19.0. The van der Waals surface area contributed by atoms with Crippen molar-refractivity contribution in [2.45, 2.75) is 19.4 Å². The highest BCUT2D eigenvalue weighted by molar-refractivity contribution is 7.91. The SMILES string of the molecule is CCN(c1cnnc(Nc2ccc(C(=O)OC)cc2)n1)C1CCS(=O)(=O)C1. The molecule has 10 heteroatoms. The van der Waals surface area contributed by atoms with Gasteiger partial charge in [-0.25, -0.2) is 13.2 Å². The third kappa shape index (κ3) is 4.51. The fraction of sp³-hybridized carbons (Fsp3) is 0.412. The average molecular weight is 391 g/mol. The van der Waals surface area contributed by atoms with Gasteiger partial charge in [0.15, 0.2) is 15.7 Å². The summed E-state index contributed by atoms with van der Waals surface area (Å²) in [7, 11) is -1.66. The Hall–Kier alpha value is -2.75. The van der Waals surface area contributed by atoms with Crippen molar-refractivity contribution in [3.63, 3.8) is 0 Å². The predicted octanol–water partition coefficient (Wildman–Crippen LogP) is 1.42. The maximum Gasteiger partial charge on any atom is 0.337 e. The molecular weight excluding hydrogens is 370 g/mol. The van der Waals surface area contributed by atoms with Crippen LogP contribution in [-0.2, 0) is 14.6 Å². The van der Waals surface area contributed by atoms with Crippen molar-refractivity contribution in [3.8, 4) is 0 Å². The molecule has 1 saturated heterocycles. The summed E-state index contributed by atoms with van der Waals surface area (Å²) >= 11 is 0. The van der Waals surface area contributed by atoms with Crippen LogP contribution in [-0.4, -0.2) is 60.8 Å². The Balaban J connectivity index is 1.76. The van der Waals surface area contributed by atoms with E-state index >= 15 is 0 Å². The highest BCUT2D eigenvalue weighted by Gasteiger charge is 2.32. The molecule has 1 aliphatic heterocycles. The van der Waals surface area contributed by atoms with Gasteiger partial charge in [0.05, 0.1) is 30.4 Å². The van der Waals surface area contributed by atoms with Crippen molar-refractivity contribution in [3.05, 3.63) is 36.0 Å². The molecule has 0 spiro atoms. The van der Waals surface area contributed by atoms with E-state index in [0.717, 1.165) is 0 Å². The lowest BCUT2D eigenvalue weighted by molar-refractivity contribution is 0.0600. The quantitative estimate of drug-likeness (QED) is 0.730. The predicted molar refractivity (Wildman–Crippen MR) is 101 cm³/mol. The molecule has 3 rings (SSSR count). The molecule has 1 N–H and O–H groups in total. The number of hydrogen-bond donors (Lipinski definition) is 1. The minimum atomic E-state index is -2.99. The zero-order valence-corrected chi connectivity index (χ0v) is 15.9. The van der Waals surface area contributed by atoms with Gasteiger partial charge in [0, 0.05) is 18.3 Å². The number of benzene rings is 1. The zero-order chi connectivity index (χ0) is 19.4. The molecule has 1 unspecified atom stereocenters. The second-order valence-corrected chi connectivity index (χ2v) is 8.40. The number of hydrogen-bond acceptors (Lipinski definition) is 9. The summed E-state index contributed by atoms with van der Waals surface area (Å²) in [5.41, 5.74) is 1.13. The van der Waals surface area contributed by atoms with Gasteiger partial charge in [-0.1, -0.05) is 0 Å². The van der Waals surface area contributed by atoms with Gasteiger partial charge in [0.25, 0.3) is 0 Å². The van der Waals surface area contributed by atoms with Gasteiger partial charge in [-0.15, -0.1) is 5.10 Å². The van der Waals surface area contributed by atoms with Crippen LogP contribution in [0.3, 0.4) is 0 Å². The third-order valence-corrected chi connectivity index (χ3v) is 6.14. The molecule has 2 aromatic rings. The monoisotopic (exact) mass is 391 g/mol. The van der Waals surface area contributed by atoms with Crippen molar-refractivity contribution in [1.82, 2.24) is 15.2 Å². The Morgan fingerprint density at radius 2 is 2.07 bits per heavy atom. The van der Waals surface area contributed by atoms with E-state index in [9.17, 15) is 13.2 Å². The summed E-state index contributed by atoms with van der Waals surface area (Å²) in [6.45, 7) is 2.57. The molecule has 27 heavy (non-hydrogen) atoms. The Kier molecular flexibility index (Phi) is 5.54. The van der Waals surface area contributed by atoms with Gasteiger partial charge in [-0.3, -0.25) is 0 Å². The first-order chi connectivity index (χ1) is 12.9. The van der Waals surface area contributed by atoms with Gasteiger partial charge in [0.2, 0.25) is 5.95 Å². The first-order valence-corrected chi connectivity index (χ1v) is 10.4. The summed E-state index contributed by atoms with van der Waals surface area (Å²) in [5.74, 6) is 0.778. The molecule has 1 aromatic carbocycles. The molecule has 1 atom stereocenters. The van der Waals surface area contributed by atoms with E-state index in [1.54, 1.807) is 24.3 Å². The standard InChI is InChI=1S/C17H21N5O4S/c1-3-22(14-8-9-27(24,25)11-14)15-10-18-21-17(20-15)19-13-6-4-12(5-7-13)16(23)26-2/h4-7,10,14H,3,8-9,11H2,1-2H3,(H,19,20,21). The van der Waals surface area contributed by atoms with Crippen LogP contribution < -0.4 is 10.2 Å². The fourth-order valence-corrected chi connectivity index (χ4v) is 4.78. The second-order valence-electron chi connectivity index (χ2n) is 6.17. The van der Waals surface area contributed by atoms with E-state index < -0.39 is 15.8 Å². The number of carbonyl (C=O) groups is 1. The van der Waals surface area contributed by atoms with Crippen molar-refractivity contribution >= 4 is 33.3 Å². The molecule has 1 aromatic heterocycles. The molecule has 0 radical (unpaired) electrons. The fourth-order valence-electron chi connectivity index (χ4n) is 3.05. The number of rotatable bonds is 6. The van der Waals surface area contributed by atoms with E-state index in [0.29, 0.717) is 30.0 Å². The van der Waals surface area contributed by atoms with Crippen LogP contribution in [0, 0.1) is 0 Å². The van der Waals surface area contributed by atoms with E-state index in [4.69, 9.17) is 0 Å². The number of anilines is 3. The number of aromatic nitrogens is 3. The third-order valence-electron chi connectivity index (χ3n) is 4.39. The average Bonchev–Trinajstić information content (AvgIpc) is 3.02. The number of nitrogens with zero attached hydrogens (tertiary/aromatic N) is 4. The van der Waals surface area contributed by atoms with Gasteiger partial charge in [0.1, 0.15) is 0 Å². The molecular formula is C17H21N5O4S. The van der Waals surface area contributed by atoms with Gasteiger partial charge >= 0.3 is 5.97 Å². The van der Waals surface area contributed by atoms with Crippen LogP contribution in [0.15, 0.2) is 30.5 Å². The lowest BCUT2D eigenvalue weighted by Gasteiger charge is -2.27. The highest BCUT2D eigenvalue weighted by Crippen LogP contribution is 2.23. The first-order valence-electron chi connectivity index (χ1n) is 8.54. The van der Waals surface area contributed by atoms with Crippen molar-refractivity contribution in [2.24, 2.45) is 0 Å². The molecule has 0 amide bonds. The highest BCUT2D eigenvalue weighted by atomic mass is 32.2. The largest absolute Gasteiger partial charge is 0.465 e. The van der Waals surface area contributed by atoms with Crippen LogP contribution in [0.5, 0.6) is 0 Å². The summed E-state index contributed by atoms with van der Waals surface area (Å²) < 4.78 is 28.2. The molecule has 1 fully saturated rings. The number of ether oxygens (including phenoxy) is 1. The van der Waals surface area contributed by atoms with Crippen LogP contribution in [0.1, 0.15) is 23.7 Å². The molecule has 1 aliphatic rings. The van der Waals surface area contributed by atoms with Crippen molar-refractivity contribution in [1.29, 1.82) is 0 Å². The van der Waals surface area contributed by atoms with Crippen LogP contribution in [0.4, 0.5) is 17.5 Å². The second kappa shape index (κ2) is 7.87. The van der Waals surface area contributed by atoms with Gasteiger partial charge in [-0.05, 0) is 37.6 Å². The molecule has 0 bridgehead atoms. The maximum absolute atomic E-state index is 11.8. The smallest absolute Gasteiger partial charge is 0.337 e. The lowest BCUT2D eigenvalue weighted by atomic mass is 10.2. The van der Waals surface area contributed by atoms with Crippen LogP contribution in [0.25, 0.3) is 0 Å². The normalized spacial score (nSPS) is 18.1. The van der Waals surface area contributed by atoms with Gasteiger partial charge in [-0.2, -0.15) is 10.1 Å². The number of nitrogens with one attached hydrogen (secondary N) is 1. The van der Waals surface area contributed by atoms with Crippen LogP contribution in [0.2, 0.25) is 0 Å². The number of esters is 1. The Bertz CT molecular complexity index is 917. The van der Waals surface area contributed by atoms with Gasteiger partial charge < -0.3 is 15.0 Å². The Morgan fingerprint density at radius 1 is 1.33 bits per heavy atom. The van der Waals surface area contributed by atoms with E-state index in [1.165, 1.54) is 13.3 Å². The molecule has 144 valence electrons. The summed E-state index contributed by atoms with van der Waals surface area (Å²) in [5, 5.41) is 11.0. The molecule has 0 saturated carbocycles.